The van der Waals surface area contributed by atoms with Gasteiger partial charge in [-0.2, -0.15) is 0 Å². The molecular weight excluding hydrogens is 354 g/mol. The van der Waals surface area contributed by atoms with Crippen molar-refractivity contribution in [3.63, 3.8) is 0 Å². The fourth-order valence-corrected chi connectivity index (χ4v) is 3.80. The van der Waals surface area contributed by atoms with Crippen LogP contribution in [0.15, 0.2) is 72.0 Å². The number of para-hydroxylation sites is 1. The van der Waals surface area contributed by atoms with E-state index in [1.807, 2.05) is 59.3 Å². The van der Waals surface area contributed by atoms with E-state index < -0.39 is 10.8 Å². The van der Waals surface area contributed by atoms with Crippen LogP contribution in [0.4, 0.5) is 0 Å². The summed E-state index contributed by atoms with van der Waals surface area (Å²) < 4.78 is 13.9. The van der Waals surface area contributed by atoms with Crippen molar-refractivity contribution in [1.82, 2.24) is 14.5 Å². The summed E-state index contributed by atoms with van der Waals surface area (Å²) in [6, 6.07) is 15.4. The monoisotopic (exact) mass is 367 g/mol. The summed E-state index contributed by atoms with van der Waals surface area (Å²) >= 11 is 6.24. The second kappa shape index (κ2) is 6.43. The first kappa shape index (κ1) is 16.0. The molecule has 1 unspecified atom stereocenters. The fraction of sp³-hybridized carbons (Fsp3) is 0.0526. The van der Waals surface area contributed by atoms with E-state index in [9.17, 15) is 4.21 Å². The van der Waals surface area contributed by atoms with Gasteiger partial charge in [-0.15, -0.1) is 0 Å². The second-order valence-corrected chi connectivity index (χ2v) is 7.34. The number of fused-ring (bicyclic) bond motifs is 1. The van der Waals surface area contributed by atoms with Gasteiger partial charge in [0.15, 0.2) is 0 Å². The van der Waals surface area contributed by atoms with E-state index in [0.29, 0.717) is 11.0 Å². The van der Waals surface area contributed by atoms with E-state index in [0.717, 1.165) is 26.9 Å². The Balaban J connectivity index is 1.83. The van der Waals surface area contributed by atoms with Crippen LogP contribution in [0.25, 0.3) is 28.0 Å². The Morgan fingerprint density at radius 2 is 1.68 bits per heavy atom. The maximum Gasteiger partial charge on any atom is 0.234 e. The van der Waals surface area contributed by atoms with Crippen LogP contribution in [-0.4, -0.2) is 25.0 Å². The van der Waals surface area contributed by atoms with E-state index >= 15 is 0 Å². The molecular formula is C19H14ClN3OS. The zero-order valence-corrected chi connectivity index (χ0v) is 15.0. The molecule has 0 saturated carbocycles. The number of nitrogens with zero attached hydrogens (tertiary/aromatic N) is 3. The van der Waals surface area contributed by atoms with E-state index in [4.69, 9.17) is 11.6 Å². The summed E-state index contributed by atoms with van der Waals surface area (Å²) in [4.78, 5) is 9.74. The van der Waals surface area contributed by atoms with Crippen LogP contribution in [0.3, 0.4) is 0 Å². The molecule has 0 N–H and O–H groups in total. The standard InChI is InChI=1S/C19H14ClN3OS/c1-25(24)18-12-23(17-9-5-3-7-15(17)18)19-21-10-13(11-22-19)14-6-2-4-8-16(14)20/h2-12H,1H3. The molecule has 6 heteroatoms. The van der Waals surface area contributed by atoms with Crippen LogP contribution >= 0.6 is 11.6 Å². The van der Waals surface area contributed by atoms with Crippen LogP contribution in [0.2, 0.25) is 5.02 Å². The Hall–Kier alpha value is -2.50. The minimum Gasteiger partial charge on any atom is -0.284 e. The third kappa shape index (κ3) is 2.86. The van der Waals surface area contributed by atoms with Gasteiger partial charge in [0.25, 0.3) is 0 Å². The van der Waals surface area contributed by atoms with Crippen molar-refractivity contribution in [2.24, 2.45) is 0 Å². The van der Waals surface area contributed by atoms with Crippen LogP contribution in [0.1, 0.15) is 0 Å². The van der Waals surface area contributed by atoms with E-state index in [2.05, 4.69) is 9.97 Å². The Morgan fingerprint density at radius 3 is 2.40 bits per heavy atom. The van der Waals surface area contributed by atoms with Gasteiger partial charge in [0.05, 0.1) is 21.2 Å². The quantitative estimate of drug-likeness (QED) is 0.536. The zero-order chi connectivity index (χ0) is 17.4. The van der Waals surface area contributed by atoms with Crippen molar-refractivity contribution < 1.29 is 4.21 Å². The molecule has 25 heavy (non-hydrogen) atoms. The van der Waals surface area contributed by atoms with E-state index in [-0.39, 0.29) is 0 Å². The van der Waals surface area contributed by atoms with Gasteiger partial charge in [-0.25, -0.2) is 9.97 Å². The van der Waals surface area contributed by atoms with Gasteiger partial charge in [-0.1, -0.05) is 48.0 Å². The molecule has 4 nitrogen and oxygen atoms in total. The number of hydrogen-bond donors (Lipinski definition) is 0. The van der Waals surface area contributed by atoms with Crippen molar-refractivity contribution in [2.45, 2.75) is 4.90 Å². The van der Waals surface area contributed by atoms with Gasteiger partial charge in [0.2, 0.25) is 5.95 Å². The third-order valence-corrected chi connectivity index (χ3v) is 5.30. The maximum absolute atomic E-state index is 12.0. The average molecular weight is 368 g/mol. The topological polar surface area (TPSA) is 47.8 Å². The molecule has 2 aromatic heterocycles. The lowest BCUT2D eigenvalue weighted by atomic mass is 10.1. The lowest BCUT2D eigenvalue weighted by molar-refractivity contribution is 0.687. The van der Waals surface area contributed by atoms with Gasteiger partial charge in [0, 0.05) is 46.4 Å². The fourth-order valence-electron chi connectivity index (χ4n) is 2.82. The molecule has 0 amide bonds. The smallest absolute Gasteiger partial charge is 0.234 e. The first-order valence-corrected chi connectivity index (χ1v) is 9.59. The Labute approximate surface area is 152 Å². The average Bonchev–Trinajstić information content (AvgIpc) is 3.02. The molecule has 0 saturated heterocycles. The molecule has 2 heterocycles. The van der Waals surface area contributed by atoms with Crippen molar-refractivity contribution in [1.29, 1.82) is 0 Å². The number of benzene rings is 2. The summed E-state index contributed by atoms with van der Waals surface area (Å²) in [5, 5.41) is 1.61. The Kier molecular flexibility index (Phi) is 4.11. The van der Waals surface area contributed by atoms with Gasteiger partial charge >= 0.3 is 0 Å². The lowest BCUT2D eigenvalue weighted by Crippen LogP contribution is -1.99. The van der Waals surface area contributed by atoms with Crippen molar-refractivity contribution in [2.75, 3.05) is 6.26 Å². The van der Waals surface area contributed by atoms with Crippen LogP contribution < -0.4 is 0 Å². The number of aromatic nitrogens is 3. The third-order valence-electron chi connectivity index (χ3n) is 4.02. The molecule has 0 fully saturated rings. The largest absolute Gasteiger partial charge is 0.284 e. The molecule has 4 aromatic rings. The highest BCUT2D eigenvalue weighted by atomic mass is 35.5. The van der Waals surface area contributed by atoms with E-state index in [1.165, 1.54) is 0 Å². The van der Waals surface area contributed by atoms with Gasteiger partial charge in [-0.05, 0) is 12.1 Å². The van der Waals surface area contributed by atoms with Crippen molar-refractivity contribution in [3.8, 4) is 17.1 Å². The molecule has 0 aliphatic carbocycles. The predicted molar refractivity (Wildman–Crippen MR) is 102 cm³/mol. The first-order valence-electron chi connectivity index (χ1n) is 7.66. The molecule has 1 atom stereocenters. The van der Waals surface area contributed by atoms with Gasteiger partial charge in [0.1, 0.15) is 0 Å². The second-order valence-electron chi connectivity index (χ2n) is 5.59. The van der Waals surface area contributed by atoms with Gasteiger partial charge < -0.3 is 0 Å². The molecule has 0 spiro atoms. The molecule has 0 bridgehead atoms. The molecule has 124 valence electrons. The summed E-state index contributed by atoms with van der Waals surface area (Å²) in [6.07, 6.45) is 7.01. The van der Waals surface area contributed by atoms with Crippen LogP contribution in [-0.2, 0) is 10.8 Å². The van der Waals surface area contributed by atoms with Crippen LogP contribution in [0, 0.1) is 0 Å². The summed E-state index contributed by atoms with van der Waals surface area (Å²) in [6.45, 7) is 0. The predicted octanol–water partition coefficient (Wildman–Crippen LogP) is 4.48. The highest BCUT2D eigenvalue weighted by Crippen LogP contribution is 2.28. The minimum absolute atomic E-state index is 0.531. The highest BCUT2D eigenvalue weighted by molar-refractivity contribution is 7.84. The van der Waals surface area contributed by atoms with Crippen molar-refractivity contribution in [3.05, 3.63) is 72.1 Å². The molecule has 2 aromatic carbocycles. The maximum atomic E-state index is 12.0. The first-order chi connectivity index (χ1) is 12.1. The summed E-state index contributed by atoms with van der Waals surface area (Å²) in [7, 11) is -1.09. The lowest BCUT2D eigenvalue weighted by Gasteiger charge is -2.06. The molecule has 0 aliphatic heterocycles. The zero-order valence-electron chi connectivity index (χ0n) is 13.4. The Morgan fingerprint density at radius 1 is 1.00 bits per heavy atom. The number of halogens is 1. The Bertz CT molecular complexity index is 1090. The summed E-state index contributed by atoms with van der Waals surface area (Å²) in [5.41, 5.74) is 2.67. The summed E-state index contributed by atoms with van der Waals surface area (Å²) in [5.74, 6) is 0.531. The van der Waals surface area contributed by atoms with Gasteiger partial charge in [-0.3, -0.25) is 8.78 Å². The van der Waals surface area contributed by atoms with Crippen LogP contribution in [0.5, 0.6) is 0 Å². The number of rotatable bonds is 3. The highest BCUT2D eigenvalue weighted by Gasteiger charge is 2.13. The molecule has 4 rings (SSSR count). The van der Waals surface area contributed by atoms with Crippen molar-refractivity contribution >= 4 is 33.3 Å². The molecule has 0 radical (unpaired) electrons. The SMILES string of the molecule is CS(=O)c1cn(-c2ncc(-c3ccccc3Cl)cn2)c2ccccc12. The van der Waals surface area contributed by atoms with E-state index in [1.54, 1.807) is 18.6 Å². The minimum atomic E-state index is -1.09. The normalized spacial score (nSPS) is 12.4. The molecule has 0 aliphatic rings. The number of hydrogen-bond acceptors (Lipinski definition) is 3.